The molecule has 3 nitrogen and oxygen atoms in total. The van der Waals surface area contributed by atoms with Crippen LogP contribution >= 0.6 is 0 Å². The average Bonchev–Trinajstić information content (AvgIpc) is 2.43. The summed E-state index contributed by atoms with van der Waals surface area (Å²) in [5.41, 5.74) is 6.93. The molecule has 0 bridgehead atoms. The lowest BCUT2D eigenvalue weighted by atomic mass is 9.98. The van der Waals surface area contributed by atoms with Crippen LogP contribution in [0.5, 0.6) is 0 Å². The highest BCUT2D eigenvalue weighted by molar-refractivity contribution is 5.81. The Hall–Kier alpha value is -1.49. The van der Waals surface area contributed by atoms with Gasteiger partial charge in [0.05, 0.1) is 6.04 Å². The molecule has 110 valence electrons. The number of nitrogens with zero attached hydrogens (tertiary/aromatic N) is 1. The van der Waals surface area contributed by atoms with Gasteiger partial charge in [0.25, 0.3) is 0 Å². The molecule has 2 N–H and O–H groups in total. The molecule has 0 unspecified atom stereocenters. The third-order valence-corrected chi connectivity index (χ3v) is 3.74. The maximum absolute atomic E-state index is 13.6. The van der Waals surface area contributed by atoms with Gasteiger partial charge in [-0.2, -0.15) is 0 Å². The molecule has 1 aromatic rings. The molecule has 1 amide bonds. The van der Waals surface area contributed by atoms with Gasteiger partial charge >= 0.3 is 0 Å². The van der Waals surface area contributed by atoms with Gasteiger partial charge in [-0.15, -0.1) is 0 Å². The van der Waals surface area contributed by atoms with E-state index in [1.807, 2.05) is 6.92 Å². The number of rotatable bonds is 4. The summed E-state index contributed by atoms with van der Waals surface area (Å²) in [5.74, 6) is -1.26. The van der Waals surface area contributed by atoms with Crippen LogP contribution in [0.3, 0.4) is 0 Å². The van der Waals surface area contributed by atoms with Crippen LogP contribution in [0.25, 0.3) is 0 Å². The van der Waals surface area contributed by atoms with E-state index in [0.29, 0.717) is 30.5 Å². The predicted molar refractivity (Wildman–Crippen MR) is 73.0 cm³/mol. The minimum absolute atomic E-state index is 0.131. The number of halogens is 2. The van der Waals surface area contributed by atoms with Crippen molar-refractivity contribution < 1.29 is 13.6 Å². The number of amides is 1. The Kier molecular flexibility index (Phi) is 4.70. The molecular formula is C15H20F2N2O. The molecule has 1 aliphatic rings. The smallest absolute Gasteiger partial charge is 0.239 e. The Morgan fingerprint density at radius 3 is 2.90 bits per heavy atom. The SMILES string of the molecule is CCCC[C@H](N)C(=O)N1CCc2c(F)cc(F)cc2C1. The van der Waals surface area contributed by atoms with Crippen molar-refractivity contribution in [2.24, 2.45) is 5.73 Å². The van der Waals surface area contributed by atoms with Crippen LogP contribution in [0.15, 0.2) is 12.1 Å². The minimum Gasteiger partial charge on any atom is -0.337 e. The first-order chi connectivity index (χ1) is 9.52. The number of benzene rings is 1. The zero-order chi connectivity index (χ0) is 14.7. The standard InChI is InChI=1S/C15H20F2N2O/c1-2-3-4-14(18)15(20)19-6-5-12-10(9-19)7-11(16)8-13(12)17/h7-8,14H,2-6,9,18H2,1H3/t14-/m0/s1. The van der Waals surface area contributed by atoms with E-state index in [4.69, 9.17) is 5.73 Å². The molecule has 0 aromatic heterocycles. The molecule has 0 aliphatic carbocycles. The second-order valence-electron chi connectivity index (χ2n) is 5.28. The maximum Gasteiger partial charge on any atom is 0.239 e. The van der Waals surface area contributed by atoms with Crippen LogP contribution < -0.4 is 5.73 Å². The normalized spacial score (nSPS) is 15.9. The third-order valence-electron chi connectivity index (χ3n) is 3.74. The van der Waals surface area contributed by atoms with Crippen molar-refractivity contribution in [2.75, 3.05) is 6.54 Å². The molecule has 1 aliphatic heterocycles. The van der Waals surface area contributed by atoms with Gasteiger partial charge in [-0.1, -0.05) is 19.8 Å². The van der Waals surface area contributed by atoms with E-state index in [-0.39, 0.29) is 12.5 Å². The molecular weight excluding hydrogens is 262 g/mol. The number of unbranched alkanes of at least 4 members (excludes halogenated alkanes) is 1. The summed E-state index contributed by atoms with van der Waals surface area (Å²) >= 11 is 0. The first kappa shape index (κ1) is 14.9. The number of carbonyl (C=O) groups is 1. The molecule has 5 heteroatoms. The summed E-state index contributed by atoms with van der Waals surface area (Å²) < 4.78 is 26.9. The van der Waals surface area contributed by atoms with Gasteiger partial charge in [0, 0.05) is 19.2 Å². The number of carbonyl (C=O) groups excluding carboxylic acids is 1. The number of hydrogen-bond acceptors (Lipinski definition) is 2. The Morgan fingerprint density at radius 1 is 1.45 bits per heavy atom. The summed E-state index contributed by atoms with van der Waals surface area (Å²) in [4.78, 5) is 13.8. The van der Waals surface area contributed by atoms with E-state index in [2.05, 4.69) is 0 Å². The van der Waals surface area contributed by atoms with E-state index in [9.17, 15) is 13.6 Å². The Labute approximate surface area is 117 Å². The van der Waals surface area contributed by atoms with E-state index in [0.717, 1.165) is 18.9 Å². The highest BCUT2D eigenvalue weighted by Crippen LogP contribution is 2.23. The lowest BCUT2D eigenvalue weighted by Gasteiger charge is -2.31. The lowest BCUT2D eigenvalue weighted by Crippen LogP contribution is -2.46. The molecule has 1 aromatic carbocycles. The van der Waals surface area contributed by atoms with Crippen molar-refractivity contribution >= 4 is 5.91 Å². The summed E-state index contributed by atoms with van der Waals surface area (Å²) in [6, 6.07) is 1.67. The van der Waals surface area contributed by atoms with Gasteiger partial charge in [-0.05, 0) is 30.0 Å². The van der Waals surface area contributed by atoms with E-state index < -0.39 is 17.7 Å². The second-order valence-corrected chi connectivity index (χ2v) is 5.28. The Bertz CT molecular complexity index is 505. The highest BCUT2D eigenvalue weighted by atomic mass is 19.1. The molecule has 0 radical (unpaired) electrons. The van der Waals surface area contributed by atoms with Crippen molar-refractivity contribution in [3.05, 3.63) is 34.9 Å². The Morgan fingerprint density at radius 2 is 2.20 bits per heavy atom. The third kappa shape index (κ3) is 3.15. The van der Waals surface area contributed by atoms with Gasteiger partial charge in [0.15, 0.2) is 0 Å². The molecule has 0 saturated carbocycles. The monoisotopic (exact) mass is 282 g/mol. The number of fused-ring (bicyclic) bond motifs is 1. The van der Waals surface area contributed by atoms with Gasteiger partial charge in [0.1, 0.15) is 11.6 Å². The zero-order valence-corrected chi connectivity index (χ0v) is 11.7. The van der Waals surface area contributed by atoms with Crippen molar-refractivity contribution in [3.8, 4) is 0 Å². The van der Waals surface area contributed by atoms with Gasteiger partial charge in [-0.25, -0.2) is 8.78 Å². The van der Waals surface area contributed by atoms with E-state index >= 15 is 0 Å². The first-order valence-electron chi connectivity index (χ1n) is 7.04. The quantitative estimate of drug-likeness (QED) is 0.921. The van der Waals surface area contributed by atoms with E-state index in [1.165, 1.54) is 6.07 Å². The van der Waals surface area contributed by atoms with Gasteiger partial charge in [0.2, 0.25) is 5.91 Å². The fraction of sp³-hybridized carbons (Fsp3) is 0.533. The predicted octanol–water partition coefficient (Wildman–Crippen LogP) is 2.37. The average molecular weight is 282 g/mol. The van der Waals surface area contributed by atoms with Crippen LogP contribution in [0.1, 0.15) is 37.3 Å². The van der Waals surface area contributed by atoms with Crippen molar-refractivity contribution in [2.45, 2.75) is 45.2 Å². The van der Waals surface area contributed by atoms with E-state index in [1.54, 1.807) is 4.90 Å². The van der Waals surface area contributed by atoms with Gasteiger partial charge in [-0.3, -0.25) is 4.79 Å². The van der Waals surface area contributed by atoms with Crippen LogP contribution in [-0.2, 0) is 17.8 Å². The molecule has 0 spiro atoms. The highest BCUT2D eigenvalue weighted by Gasteiger charge is 2.26. The lowest BCUT2D eigenvalue weighted by molar-refractivity contribution is -0.133. The fourth-order valence-electron chi connectivity index (χ4n) is 2.58. The van der Waals surface area contributed by atoms with Crippen LogP contribution in [0, 0.1) is 11.6 Å². The number of hydrogen-bond donors (Lipinski definition) is 1. The number of nitrogens with two attached hydrogens (primary N) is 1. The maximum atomic E-state index is 13.6. The largest absolute Gasteiger partial charge is 0.337 e. The van der Waals surface area contributed by atoms with Crippen molar-refractivity contribution in [1.29, 1.82) is 0 Å². The molecule has 1 heterocycles. The van der Waals surface area contributed by atoms with Crippen molar-refractivity contribution in [3.63, 3.8) is 0 Å². The summed E-state index contributed by atoms with van der Waals surface area (Å²) in [7, 11) is 0. The molecule has 0 fully saturated rings. The Balaban J connectivity index is 2.09. The fourth-order valence-corrected chi connectivity index (χ4v) is 2.58. The second kappa shape index (κ2) is 6.31. The first-order valence-corrected chi connectivity index (χ1v) is 7.04. The van der Waals surface area contributed by atoms with Crippen molar-refractivity contribution in [1.82, 2.24) is 4.90 Å². The van der Waals surface area contributed by atoms with Crippen LogP contribution in [0.2, 0.25) is 0 Å². The molecule has 2 rings (SSSR count). The molecule has 1 atom stereocenters. The zero-order valence-electron chi connectivity index (χ0n) is 11.7. The van der Waals surface area contributed by atoms with Crippen LogP contribution in [0.4, 0.5) is 8.78 Å². The summed E-state index contributed by atoms with van der Waals surface area (Å²) in [5, 5.41) is 0. The summed E-state index contributed by atoms with van der Waals surface area (Å²) in [6.45, 7) is 2.72. The topological polar surface area (TPSA) is 46.3 Å². The van der Waals surface area contributed by atoms with Crippen LogP contribution in [-0.4, -0.2) is 23.4 Å². The van der Waals surface area contributed by atoms with Gasteiger partial charge < -0.3 is 10.6 Å². The summed E-state index contributed by atoms with van der Waals surface area (Å²) in [6.07, 6.45) is 2.95. The molecule has 0 saturated heterocycles. The molecule has 20 heavy (non-hydrogen) atoms. The minimum atomic E-state index is -0.606.